The zero-order chi connectivity index (χ0) is 8.59. The summed E-state index contributed by atoms with van der Waals surface area (Å²) in [7, 11) is 0. The highest BCUT2D eigenvalue weighted by Crippen LogP contribution is 2.33. The Morgan fingerprint density at radius 2 is 1.91 bits per heavy atom. The molecule has 0 spiro atoms. The number of aldehydes is 1. The summed E-state index contributed by atoms with van der Waals surface area (Å²) in [5.74, 6) is -1.02. The molecule has 0 amide bonds. The van der Waals surface area contributed by atoms with Gasteiger partial charge in [-0.3, -0.25) is 4.79 Å². The van der Waals surface area contributed by atoms with Gasteiger partial charge in [0, 0.05) is 5.57 Å². The maximum absolute atomic E-state index is 10.5. The van der Waals surface area contributed by atoms with Gasteiger partial charge >= 0.3 is 5.97 Å². The van der Waals surface area contributed by atoms with Gasteiger partial charge in [-0.15, -0.1) is 0 Å². The Morgan fingerprint density at radius 3 is 2.18 bits per heavy atom. The summed E-state index contributed by atoms with van der Waals surface area (Å²) in [5.41, 5.74) is 1.99. The van der Waals surface area contributed by atoms with Crippen LogP contribution in [0.3, 0.4) is 0 Å². The average Bonchev–Trinajstić information content (AvgIpc) is 1.96. The third-order valence-corrected chi connectivity index (χ3v) is 1.94. The number of aliphatic carboxylic acids is 1. The second-order valence-electron chi connectivity index (χ2n) is 2.46. The lowest BCUT2D eigenvalue weighted by Gasteiger charge is -2.20. The molecular formula is C8H8O3. The summed E-state index contributed by atoms with van der Waals surface area (Å²) in [4.78, 5) is 20.8. The van der Waals surface area contributed by atoms with E-state index in [2.05, 4.69) is 0 Å². The Kier molecular flexibility index (Phi) is 1.64. The van der Waals surface area contributed by atoms with Crippen molar-refractivity contribution in [2.75, 3.05) is 0 Å². The van der Waals surface area contributed by atoms with Crippen molar-refractivity contribution < 1.29 is 14.7 Å². The van der Waals surface area contributed by atoms with E-state index >= 15 is 0 Å². The minimum Gasteiger partial charge on any atom is -0.478 e. The molecule has 58 valence electrons. The number of carboxylic acids is 1. The van der Waals surface area contributed by atoms with E-state index in [0.717, 1.165) is 5.57 Å². The van der Waals surface area contributed by atoms with Gasteiger partial charge in [-0.05, 0) is 25.0 Å². The van der Waals surface area contributed by atoms with Gasteiger partial charge in [0.1, 0.15) is 0 Å². The number of carbonyl (C=O) groups excluding carboxylic acids is 1. The largest absolute Gasteiger partial charge is 0.478 e. The summed E-state index contributed by atoms with van der Waals surface area (Å²) >= 11 is 0. The minimum absolute atomic E-state index is 0.164. The summed E-state index contributed by atoms with van der Waals surface area (Å²) in [5, 5.41) is 8.57. The molecule has 0 saturated heterocycles. The number of allylic oxidation sites excluding steroid dienone is 2. The number of hydrogen-bond donors (Lipinski definition) is 1. The fraction of sp³-hybridized carbons (Fsp3) is 0.250. The molecule has 3 heteroatoms. The van der Waals surface area contributed by atoms with Gasteiger partial charge in [-0.1, -0.05) is 0 Å². The highest BCUT2D eigenvalue weighted by Gasteiger charge is 2.27. The predicted molar refractivity (Wildman–Crippen MR) is 39.1 cm³/mol. The molecule has 0 aliphatic heterocycles. The van der Waals surface area contributed by atoms with Crippen LogP contribution < -0.4 is 0 Å². The Balaban J connectivity index is 3.05. The Hall–Kier alpha value is -1.38. The van der Waals surface area contributed by atoms with Crippen LogP contribution in [0.4, 0.5) is 0 Å². The van der Waals surface area contributed by atoms with Gasteiger partial charge in [0.15, 0.2) is 6.29 Å². The SMILES string of the molecule is CC1=C(C)C(C(=O)O)=C1C=O. The standard InChI is InChI=1S/C8H8O3/c1-4-5(2)7(8(10)11)6(4)3-9/h3H,1-2H3,(H,10,11). The molecule has 0 unspecified atom stereocenters. The molecule has 0 heterocycles. The Morgan fingerprint density at radius 1 is 1.36 bits per heavy atom. The minimum atomic E-state index is -1.02. The normalized spacial score (nSPS) is 16.5. The zero-order valence-corrected chi connectivity index (χ0v) is 6.34. The molecule has 1 rings (SSSR count). The summed E-state index contributed by atoms with van der Waals surface area (Å²) in [6, 6.07) is 0. The van der Waals surface area contributed by atoms with E-state index in [0.29, 0.717) is 17.4 Å². The van der Waals surface area contributed by atoms with Crippen LogP contribution in [-0.4, -0.2) is 17.4 Å². The number of hydrogen-bond acceptors (Lipinski definition) is 2. The fourth-order valence-corrected chi connectivity index (χ4v) is 1.14. The second kappa shape index (κ2) is 2.34. The molecule has 0 bridgehead atoms. The maximum Gasteiger partial charge on any atom is 0.336 e. The van der Waals surface area contributed by atoms with E-state index in [4.69, 9.17) is 5.11 Å². The highest BCUT2D eigenvalue weighted by atomic mass is 16.4. The fourth-order valence-electron chi connectivity index (χ4n) is 1.14. The Bertz CT molecular complexity index is 294. The van der Waals surface area contributed by atoms with Crippen molar-refractivity contribution in [1.82, 2.24) is 0 Å². The van der Waals surface area contributed by atoms with E-state index < -0.39 is 5.97 Å². The third-order valence-electron chi connectivity index (χ3n) is 1.94. The van der Waals surface area contributed by atoms with E-state index in [-0.39, 0.29) is 5.57 Å². The molecule has 3 nitrogen and oxygen atoms in total. The molecule has 0 radical (unpaired) electrons. The van der Waals surface area contributed by atoms with Crippen LogP contribution in [0.5, 0.6) is 0 Å². The summed E-state index contributed by atoms with van der Waals surface area (Å²) in [6.07, 6.45) is 0.589. The first-order chi connectivity index (χ1) is 5.09. The first-order valence-corrected chi connectivity index (χ1v) is 3.20. The van der Waals surface area contributed by atoms with Crippen LogP contribution in [-0.2, 0) is 9.59 Å². The molecule has 1 N–H and O–H groups in total. The molecular weight excluding hydrogens is 144 g/mol. The van der Waals surface area contributed by atoms with Crippen LogP contribution >= 0.6 is 0 Å². The first kappa shape index (κ1) is 7.72. The van der Waals surface area contributed by atoms with Crippen molar-refractivity contribution >= 4 is 12.3 Å². The molecule has 0 saturated carbocycles. The molecule has 0 aromatic heterocycles. The Labute approximate surface area is 64.0 Å². The number of rotatable bonds is 2. The van der Waals surface area contributed by atoms with Crippen molar-refractivity contribution in [1.29, 1.82) is 0 Å². The first-order valence-electron chi connectivity index (χ1n) is 3.20. The van der Waals surface area contributed by atoms with Gasteiger partial charge < -0.3 is 5.11 Å². The van der Waals surface area contributed by atoms with E-state index in [1.165, 1.54) is 0 Å². The topological polar surface area (TPSA) is 54.4 Å². The van der Waals surface area contributed by atoms with Gasteiger partial charge in [0.25, 0.3) is 0 Å². The highest BCUT2D eigenvalue weighted by molar-refractivity contribution is 6.05. The van der Waals surface area contributed by atoms with Crippen molar-refractivity contribution in [3.05, 3.63) is 22.3 Å². The lowest BCUT2D eigenvalue weighted by molar-refractivity contribution is -0.132. The smallest absolute Gasteiger partial charge is 0.336 e. The lowest BCUT2D eigenvalue weighted by atomic mass is 9.83. The van der Waals surface area contributed by atoms with Crippen molar-refractivity contribution in [2.24, 2.45) is 0 Å². The van der Waals surface area contributed by atoms with E-state index in [1.54, 1.807) is 13.8 Å². The maximum atomic E-state index is 10.5. The van der Waals surface area contributed by atoms with Crippen LogP contribution in [0.2, 0.25) is 0 Å². The van der Waals surface area contributed by atoms with E-state index in [9.17, 15) is 9.59 Å². The zero-order valence-electron chi connectivity index (χ0n) is 6.34. The van der Waals surface area contributed by atoms with Gasteiger partial charge in [-0.25, -0.2) is 4.79 Å². The van der Waals surface area contributed by atoms with Crippen molar-refractivity contribution in [3.63, 3.8) is 0 Å². The van der Waals surface area contributed by atoms with Crippen molar-refractivity contribution in [2.45, 2.75) is 13.8 Å². The van der Waals surface area contributed by atoms with Gasteiger partial charge in [0.2, 0.25) is 0 Å². The van der Waals surface area contributed by atoms with Gasteiger partial charge in [-0.2, -0.15) is 0 Å². The average molecular weight is 152 g/mol. The van der Waals surface area contributed by atoms with E-state index in [1.807, 2.05) is 0 Å². The lowest BCUT2D eigenvalue weighted by Crippen LogP contribution is -2.16. The van der Waals surface area contributed by atoms with Crippen LogP contribution in [0.1, 0.15) is 13.8 Å². The third kappa shape index (κ3) is 0.888. The molecule has 0 atom stereocenters. The molecule has 1 aliphatic rings. The van der Waals surface area contributed by atoms with Crippen molar-refractivity contribution in [3.8, 4) is 0 Å². The second-order valence-corrected chi connectivity index (χ2v) is 2.46. The molecule has 0 fully saturated rings. The number of carboxylic acid groups (broad SMARTS) is 1. The molecule has 0 aromatic carbocycles. The molecule has 11 heavy (non-hydrogen) atoms. The monoisotopic (exact) mass is 152 g/mol. The predicted octanol–water partition coefficient (Wildman–Crippen LogP) is 0.917. The van der Waals surface area contributed by atoms with Crippen LogP contribution in [0.25, 0.3) is 0 Å². The van der Waals surface area contributed by atoms with Crippen LogP contribution in [0, 0.1) is 0 Å². The number of carbonyl (C=O) groups is 2. The molecule has 1 aliphatic carbocycles. The van der Waals surface area contributed by atoms with Gasteiger partial charge in [0.05, 0.1) is 5.57 Å². The van der Waals surface area contributed by atoms with Crippen LogP contribution in [0.15, 0.2) is 22.3 Å². The summed E-state index contributed by atoms with van der Waals surface area (Å²) in [6.45, 7) is 3.44. The quantitative estimate of drug-likeness (QED) is 0.598. The summed E-state index contributed by atoms with van der Waals surface area (Å²) < 4.78 is 0. The molecule has 0 aromatic rings.